The molecule has 0 spiro atoms. The lowest BCUT2D eigenvalue weighted by molar-refractivity contribution is -0.115. The van der Waals surface area contributed by atoms with Crippen LogP contribution in [0.5, 0.6) is 11.5 Å². The Morgan fingerprint density at radius 3 is 2.75 bits per heavy atom. The van der Waals surface area contributed by atoms with Crippen molar-refractivity contribution in [1.82, 2.24) is 20.2 Å². The zero-order valence-electron chi connectivity index (χ0n) is 12.8. The number of para-hydroxylation sites is 1. The van der Waals surface area contributed by atoms with Crippen molar-refractivity contribution in [3.05, 3.63) is 59.4 Å². The van der Waals surface area contributed by atoms with Crippen molar-refractivity contribution in [2.24, 2.45) is 7.05 Å². The summed E-state index contributed by atoms with van der Waals surface area (Å²) in [5.41, 5.74) is 0.478. The minimum atomic E-state index is -0.270. The number of rotatable bonds is 5. The Balaban J connectivity index is 1.78. The molecule has 3 aromatic rings. The van der Waals surface area contributed by atoms with E-state index >= 15 is 0 Å². The second-order valence-electron chi connectivity index (χ2n) is 5.00. The van der Waals surface area contributed by atoms with E-state index in [0.29, 0.717) is 28.0 Å². The van der Waals surface area contributed by atoms with E-state index in [9.17, 15) is 4.79 Å². The largest absolute Gasteiger partial charge is 0.455 e. The second-order valence-corrected chi connectivity index (χ2v) is 5.44. The quantitative estimate of drug-likeness (QED) is 0.770. The van der Waals surface area contributed by atoms with Crippen LogP contribution in [0.4, 0.5) is 5.69 Å². The van der Waals surface area contributed by atoms with Gasteiger partial charge >= 0.3 is 0 Å². The molecule has 8 heteroatoms. The number of nitrogens with one attached hydrogen (secondary N) is 1. The number of hydrogen-bond acceptors (Lipinski definition) is 5. The first-order valence-corrected chi connectivity index (χ1v) is 7.53. The van der Waals surface area contributed by atoms with Gasteiger partial charge in [-0.25, -0.2) is 4.68 Å². The summed E-state index contributed by atoms with van der Waals surface area (Å²) in [5, 5.41) is 14.3. The highest BCUT2D eigenvalue weighted by atomic mass is 35.5. The van der Waals surface area contributed by atoms with Gasteiger partial charge in [-0.05, 0) is 40.8 Å². The zero-order valence-corrected chi connectivity index (χ0v) is 13.6. The van der Waals surface area contributed by atoms with E-state index in [-0.39, 0.29) is 12.3 Å². The monoisotopic (exact) mass is 343 g/mol. The van der Waals surface area contributed by atoms with Gasteiger partial charge in [0.25, 0.3) is 0 Å². The van der Waals surface area contributed by atoms with Gasteiger partial charge in [0, 0.05) is 12.1 Å². The molecule has 2 aromatic carbocycles. The summed E-state index contributed by atoms with van der Waals surface area (Å²) in [6.07, 6.45) is 0.0425. The molecule has 3 rings (SSSR count). The van der Waals surface area contributed by atoms with Gasteiger partial charge in [-0.1, -0.05) is 29.8 Å². The predicted octanol–water partition coefficient (Wildman–Crippen LogP) is 2.84. The molecule has 0 aliphatic heterocycles. The molecule has 0 bridgehead atoms. The van der Waals surface area contributed by atoms with Crippen molar-refractivity contribution in [1.29, 1.82) is 0 Å². The van der Waals surface area contributed by atoms with Gasteiger partial charge in [-0.3, -0.25) is 4.79 Å². The molecule has 1 amide bonds. The van der Waals surface area contributed by atoms with E-state index < -0.39 is 0 Å². The number of nitrogens with zero attached hydrogens (tertiary/aromatic N) is 4. The van der Waals surface area contributed by atoms with Crippen molar-refractivity contribution in [3.63, 3.8) is 0 Å². The maximum Gasteiger partial charge on any atom is 0.232 e. The van der Waals surface area contributed by atoms with Crippen molar-refractivity contribution in [2.75, 3.05) is 5.32 Å². The number of halogens is 1. The number of ether oxygens (including phenoxy) is 1. The molecule has 0 saturated carbocycles. The van der Waals surface area contributed by atoms with Gasteiger partial charge in [0.1, 0.15) is 5.75 Å². The molecule has 122 valence electrons. The lowest BCUT2D eigenvalue weighted by Crippen LogP contribution is -2.17. The summed E-state index contributed by atoms with van der Waals surface area (Å²) < 4.78 is 7.25. The number of carbonyl (C=O) groups excluding carboxylic acids is 1. The minimum absolute atomic E-state index is 0.0425. The highest BCUT2D eigenvalue weighted by Gasteiger charge is 2.13. The molecule has 1 aromatic heterocycles. The molecule has 0 aliphatic rings. The van der Waals surface area contributed by atoms with Gasteiger partial charge in [-0.15, -0.1) is 5.10 Å². The fraction of sp³-hybridized carbons (Fsp3) is 0.125. The Morgan fingerprint density at radius 1 is 1.25 bits per heavy atom. The topological polar surface area (TPSA) is 81.9 Å². The van der Waals surface area contributed by atoms with Crippen molar-refractivity contribution in [3.8, 4) is 11.5 Å². The summed E-state index contributed by atoms with van der Waals surface area (Å²) in [6.45, 7) is 0. The predicted molar refractivity (Wildman–Crippen MR) is 89.1 cm³/mol. The fourth-order valence-electron chi connectivity index (χ4n) is 2.04. The average molecular weight is 344 g/mol. The van der Waals surface area contributed by atoms with Gasteiger partial charge in [0.15, 0.2) is 11.6 Å². The van der Waals surface area contributed by atoms with Crippen molar-refractivity contribution >= 4 is 23.2 Å². The third-order valence-corrected chi connectivity index (χ3v) is 3.45. The smallest absolute Gasteiger partial charge is 0.232 e. The molecular weight excluding hydrogens is 330 g/mol. The van der Waals surface area contributed by atoms with Crippen LogP contribution in [0.25, 0.3) is 0 Å². The molecule has 0 unspecified atom stereocenters. The van der Waals surface area contributed by atoms with Crippen LogP contribution in [-0.2, 0) is 18.3 Å². The minimum Gasteiger partial charge on any atom is -0.455 e. The van der Waals surface area contributed by atoms with Crippen LogP contribution < -0.4 is 10.1 Å². The van der Waals surface area contributed by atoms with Crippen LogP contribution in [0.3, 0.4) is 0 Å². The summed E-state index contributed by atoms with van der Waals surface area (Å²) in [7, 11) is 1.67. The number of amides is 1. The lowest BCUT2D eigenvalue weighted by Gasteiger charge is -2.12. The molecule has 0 radical (unpaired) electrons. The van der Waals surface area contributed by atoms with Crippen LogP contribution in [0.2, 0.25) is 5.02 Å². The van der Waals surface area contributed by atoms with Crippen LogP contribution in [0.15, 0.2) is 48.5 Å². The van der Waals surface area contributed by atoms with Gasteiger partial charge in [-0.2, -0.15) is 0 Å². The standard InChI is InChI=1S/C16H14ClN5O2/c1-22-15(19-20-21-22)10-16(23)18-13-9-11(17)7-8-14(13)24-12-5-3-2-4-6-12/h2-9H,10H2,1H3,(H,18,23). The first kappa shape index (κ1) is 15.9. The first-order valence-electron chi connectivity index (χ1n) is 7.15. The fourth-order valence-corrected chi connectivity index (χ4v) is 2.21. The molecule has 0 saturated heterocycles. The van der Waals surface area contributed by atoms with Crippen LogP contribution in [0.1, 0.15) is 5.82 Å². The molecule has 0 fully saturated rings. The molecule has 1 N–H and O–H groups in total. The van der Waals surface area contributed by atoms with Crippen LogP contribution >= 0.6 is 11.6 Å². The Labute approximate surface area is 143 Å². The Hall–Kier alpha value is -2.93. The van der Waals surface area contributed by atoms with E-state index in [1.54, 1.807) is 25.2 Å². The number of hydrogen-bond donors (Lipinski definition) is 1. The van der Waals surface area contributed by atoms with Gasteiger partial charge in [0.2, 0.25) is 5.91 Å². The highest BCUT2D eigenvalue weighted by molar-refractivity contribution is 6.31. The average Bonchev–Trinajstić information content (AvgIpc) is 2.96. The number of benzene rings is 2. The van der Waals surface area contributed by atoms with E-state index in [1.165, 1.54) is 4.68 Å². The van der Waals surface area contributed by atoms with Gasteiger partial charge < -0.3 is 10.1 Å². The third-order valence-electron chi connectivity index (χ3n) is 3.21. The number of aromatic nitrogens is 4. The summed E-state index contributed by atoms with van der Waals surface area (Å²) in [6, 6.07) is 14.3. The Bertz CT molecular complexity index is 851. The van der Waals surface area contributed by atoms with E-state index in [2.05, 4.69) is 20.8 Å². The SMILES string of the molecule is Cn1nnnc1CC(=O)Nc1cc(Cl)ccc1Oc1ccccc1. The maximum absolute atomic E-state index is 12.2. The molecular formula is C16H14ClN5O2. The highest BCUT2D eigenvalue weighted by Crippen LogP contribution is 2.32. The molecule has 1 heterocycles. The number of aryl methyl sites for hydroxylation is 1. The summed E-state index contributed by atoms with van der Waals surface area (Å²) in [5.74, 6) is 1.34. The molecule has 24 heavy (non-hydrogen) atoms. The lowest BCUT2D eigenvalue weighted by atomic mass is 10.2. The number of anilines is 1. The molecule has 0 atom stereocenters. The third kappa shape index (κ3) is 3.88. The Morgan fingerprint density at radius 2 is 2.04 bits per heavy atom. The number of tetrazole rings is 1. The van der Waals surface area contributed by atoms with E-state index in [1.807, 2.05) is 30.3 Å². The molecule has 0 aliphatic carbocycles. The van der Waals surface area contributed by atoms with E-state index in [0.717, 1.165) is 0 Å². The first-order chi connectivity index (χ1) is 11.6. The Kier molecular flexibility index (Phi) is 4.72. The van der Waals surface area contributed by atoms with Crippen molar-refractivity contribution in [2.45, 2.75) is 6.42 Å². The molecule has 7 nitrogen and oxygen atoms in total. The maximum atomic E-state index is 12.2. The van der Waals surface area contributed by atoms with Crippen LogP contribution in [-0.4, -0.2) is 26.1 Å². The van der Waals surface area contributed by atoms with E-state index in [4.69, 9.17) is 16.3 Å². The summed E-state index contributed by atoms with van der Waals surface area (Å²) >= 11 is 6.03. The second kappa shape index (κ2) is 7.10. The van der Waals surface area contributed by atoms with Crippen molar-refractivity contribution < 1.29 is 9.53 Å². The summed E-state index contributed by atoms with van der Waals surface area (Å²) in [4.78, 5) is 12.2. The normalized spacial score (nSPS) is 10.4. The zero-order chi connectivity index (χ0) is 16.9. The van der Waals surface area contributed by atoms with Gasteiger partial charge in [0.05, 0.1) is 12.1 Å². The van der Waals surface area contributed by atoms with Crippen LogP contribution in [0, 0.1) is 0 Å². The number of carbonyl (C=O) groups is 1.